The molecule has 2 aliphatic carbocycles. The minimum absolute atomic E-state index is 0.401. The fourth-order valence-electron chi connectivity index (χ4n) is 4.18. The molecule has 4 rings (SSSR count). The van der Waals surface area contributed by atoms with Crippen molar-refractivity contribution in [2.75, 3.05) is 37.4 Å². The summed E-state index contributed by atoms with van der Waals surface area (Å²) in [6.45, 7) is 4.90. The number of aromatic nitrogens is 2. The first kappa shape index (κ1) is 23.6. The normalized spacial score (nSPS) is 21.9. The molecule has 2 aromatic heterocycles. The van der Waals surface area contributed by atoms with Gasteiger partial charge in [0.15, 0.2) is 0 Å². The Hall–Kier alpha value is -1.60. The van der Waals surface area contributed by atoms with Gasteiger partial charge in [-0.05, 0) is 56.1 Å². The molecule has 8 heteroatoms. The van der Waals surface area contributed by atoms with E-state index in [4.69, 9.17) is 27.9 Å². The van der Waals surface area contributed by atoms with Crippen molar-refractivity contribution in [2.24, 2.45) is 5.41 Å². The highest BCUT2D eigenvalue weighted by Crippen LogP contribution is 2.45. The lowest BCUT2D eigenvalue weighted by molar-refractivity contribution is 0.191. The Morgan fingerprint density at radius 3 is 2.50 bits per heavy atom. The summed E-state index contributed by atoms with van der Waals surface area (Å²) < 4.78 is 5.13. The molecule has 2 heterocycles. The lowest BCUT2D eigenvalue weighted by Gasteiger charge is -2.30. The van der Waals surface area contributed by atoms with E-state index in [9.17, 15) is 0 Å². The number of nitrogens with zero attached hydrogens (tertiary/aromatic N) is 2. The lowest BCUT2D eigenvalue weighted by Crippen LogP contribution is -2.38. The molecule has 0 unspecified atom stereocenters. The minimum atomic E-state index is 0.401. The van der Waals surface area contributed by atoms with Crippen LogP contribution in [-0.2, 0) is 4.74 Å². The van der Waals surface area contributed by atoms with Gasteiger partial charge in [-0.1, -0.05) is 30.1 Å². The fourth-order valence-corrected chi connectivity index (χ4v) is 4.59. The zero-order valence-corrected chi connectivity index (χ0v) is 20.4. The van der Waals surface area contributed by atoms with Gasteiger partial charge in [-0.15, -0.1) is 0 Å². The highest BCUT2D eigenvalue weighted by molar-refractivity contribution is 6.36. The summed E-state index contributed by atoms with van der Waals surface area (Å²) in [4.78, 5) is 8.90. The van der Waals surface area contributed by atoms with E-state index in [2.05, 4.69) is 32.8 Å². The molecule has 0 radical (unpaired) electrons. The SMILES string of the molecule is COCCNC1CCC(Nc2cc(-c3cc(NCC4(C)CC4)cnc3Cl)c(Cl)cn2)CC1. The zero-order chi connectivity index (χ0) is 22.6. The molecule has 0 atom stereocenters. The quantitative estimate of drug-likeness (QED) is 0.304. The van der Waals surface area contributed by atoms with E-state index >= 15 is 0 Å². The molecule has 0 saturated heterocycles. The highest BCUT2D eigenvalue weighted by Gasteiger charge is 2.36. The van der Waals surface area contributed by atoms with Gasteiger partial charge < -0.3 is 20.7 Å². The molecule has 0 amide bonds. The van der Waals surface area contributed by atoms with Crippen LogP contribution < -0.4 is 16.0 Å². The minimum Gasteiger partial charge on any atom is -0.383 e. The van der Waals surface area contributed by atoms with E-state index in [-0.39, 0.29) is 0 Å². The molecule has 2 aliphatic rings. The van der Waals surface area contributed by atoms with Crippen LogP contribution in [-0.4, -0.2) is 48.9 Å². The second-order valence-corrected chi connectivity index (χ2v) is 10.2. The number of pyridine rings is 2. The van der Waals surface area contributed by atoms with Crippen LogP contribution in [0, 0.1) is 5.41 Å². The number of hydrogen-bond acceptors (Lipinski definition) is 6. The number of nitrogens with one attached hydrogen (secondary N) is 3. The Balaban J connectivity index is 1.41. The lowest BCUT2D eigenvalue weighted by atomic mass is 9.91. The van der Waals surface area contributed by atoms with Gasteiger partial charge in [0.05, 0.1) is 23.5 Å². The first-order chi connectivity index (χ1) is 15.5. The van der Waals surface area contributed by atoms with Crippen molar-refractivity contribution in [1.29, 1.82) is 0 Å². The Labute approximate surface area is 200 Å². The number of halogens is 2. The van der Waals surface area contributed by atoms with Crippen LogP contribution in [0.5, 0.6) is 0 Å². The topological polar surface area (TPSA) is 71.1 Å². The number of anilines is 2. The molecular formula is C24H33Cl2N5O. The number of methoxy groups -OCH3 is 1. The molecule has 2 saturated carbocycles. The van der Waals surface area contributed by atoms with Crippen LogP contribution in [0.25, 0.3) is 11.1 Å². The third-order valence-corrected chi connectivity index (χ3v) is 7.23. The van der Waals surface area contributed by atoms with Gasteiger partial charge in [0.25, 0.3) is 0 Å². The van der Waals surface area contributed by atoms with Crippen LogP contribution >= 0.6 is 23.2 Å². The van der Waals surface area contributed by atoms with E-state index in [1.807, 2.05) is 12.1 Å². The molecule has 174 valence electrons. The Bertz CT molecular complexity index is 913. The van der Waals surface area contributed by atoms with E-state index in [1.165, 1.54) is 12.8 Å². The summed E-state index contributed by atoms with van der Waals surface area (Å²) in [6, 6.07) is 4.98. The zero-order valence-electron chi connectivity index (χ0n) is 18.9. The van der Waals surface area contributed by atoms with Crippen LogP contribution in [0.4, 0.5) is 11.5 Å². The second-order valence-electron chi connectivity index (χ2n) is 9.42. The molecule has 2 fully saturated rings. The van der Waals surface area contributed by atoms with Crippen molar-refractivity contribution in [3.05, 3.63) is 34.7 Å². The summed E-state index contributed by atoms with van der Waals surface area (Å²) in [6.07, 6.45) is 10.5. The monoisotopic (exact) mass is 477 g/mol. The average molecular weight is 478 g/mol. The van der Waals surface area contributed by atoms with Gasteiger partial charge in [0.2, 0.25) is 0 Å². The predicted octanol–water partition coefficient (Wildman–Crippen LogP) is 5.62. The molecule has 0 bridgehead atoms. The molecular weight excluding hydrogens is 445 g/mol. The summed E-state index contributed by atoms with van der Waals surface area (Å²) in [5, 5.41) is 11.7. The van der Waals surface area contributed by atoms with Crippen molar-refractivity contribution >= 4 is 34.7 Å². The predicted molar refractivity (Wildman–Crippen MR) is 133 cm³/mol. The van der Waals surface area contributed by atoms with Gasteiger partial charge in [0, 0.05) is 49.6 Å². The molecule has 0 aliphatic heterocycles. The standard InChI is InChI=1S/C24H33Cl2N5O/c1-24(7-8-24)15-30-18-11-20(23(26)29-13-18)19-12-22(28-14-21(19)25)31-17-5-3-16(4-6-17)27-9-10-32-2/h11-14,16-17,27,30H,3-10,15H2,1-2H3,(H,28,31). The Morgan fingerprint density at radius 1 is 1.03 bits per heavy atom. The summed E-state index contributed by atoms with van der Waals surface area (Å²) in [5.74, 6) is 0.820. The van der Waals surface area contributed by atoms with E-state index in [1.54, 1.807) is 19.5 Å². The Morgan fingerprint density at radius 2 is 1.78 bits per heavy atom. The van der Waals surface area contributed by atoms with Gasteiger partial charge in [-0.3, -0.25) is 0 Å². The van der Waals surface area contributed by atoms with Gasteiger partial charge in [0.1, 0.15) is 11.0 Å². The number of hydrogen-bond donors (Lipinski definition) is 3. The number of ether oxygens (including phenoxy) is 1. The first-order valence-corrected chi connectivity index (χ1v) is 12.3. The van der Waals surface area contributed by atoms with Gasteiger partial charge in [-0.25, -0.2) is 9.97 Å². The maximum absolute atomic E-state index is 6.52. The van der Waals surface area contributed by atoms with E-state index in [0.717, 1.165) is 68.0 Å². The highest BCUT2D eigenvalue weighted by atomic mass is 35.5. The summed E-state index contributed by atoms with van der Waals surface area (Å²) in [5.41, 5.74) is 3.03. The van der Waals surface area contributed by atoms with E-state index < -0.39 is 0 Å². The molecule has 3 N–H and O–H groups in total. The van der Waals surface area contributed by atoms with Crippen molar-refractivity contribution in [2.45, 2.75) is 57.5 Å². The molecule has 32 heavy (non-hydrogen) atoms. The molecule has 0 spiro atoms. The Kier molecular flexibility index (Phi) is 7.77. The van der Waals surface area contributed by atoms with Crippen molar-refractivity contribution < 1.29 is 4.74 Å². The third-order valence-electron chi connectivity index (χ3n) is 6.63. The third kappa shape index (κ3) is 6.25. The molecule has 0 aromatic carbocycles. The van der Waals surface area contributed by atoms with Crippen molar-refractivity contribution in [3.8, 4) is 11.1 Å². The van der Waals surface area contributed by atoms with Crippen molar-refractivity contribution in [3.63, 3.8) is 0 Å². The van der Waals surface area contributed by atoms with Crippen LogP contribution in [0.3, 0.4) is 0 Å². The maximum Gasteiger partial charge on any atom is 0.137 e. The van der Waals surface area contributed by atoms with Crippen LogP contribution in [0.15, 0.2) is 24.5 Å². The fraction of sp³-hybridized carbons (Fsp3) is 0.583. The van der Waals surface area contributed by atoms with E-state index in [0.29, 0.717) is 27.7 Å². The first-order valence-electron chi connectivity index (χ1n) is 11.5. The smallest absolute Gasteiger partial charge is 0.137 e. The number of rotatable bonds is 10. The summed E-state index contributed by atoms with van der Waals surface area (Å²) >= 11 is 13.0. The molecule has 2 aromatic rings. The average Bonchev–Trinajstić information content (AvgIpc) is 3.53. The van der Waals surface area contributed by atoms with Crippen LogP contribution in [0.1, 0.15) is 45.4 Å². The largest absolute Gasteiger partial charge is 0.383 e. The van der Waals surface area contributed by atoms with Gasteiger partial charge >= 0.3 is 0 Å². The van der Waals surface area contributed by atoms with Crippen molar-refractivity contribution in [1.82, 2.24) is 15.3 Å². The maximum atomic E-state index is 6.52. The van der Waals surface area contributed by atoms with Gasteiger partial charge in [-0.2, -0.15) is 0 Å². The molecule has 6 nitrogen and oxygen atoms in total. The summed E-state index contributed by atoms with van der Waals surface area (Å²) in [7, 11) is 1.74. The van der Waals surface area contributed by atoms with Crippen LogP contribution in [0.2, 0.25) is 10.2 Å². The second kappa shape index (κ2) is 10.6.